The summed E-state index contributed by atoms with van der Waals surface area (Å²) < 4.78 is 6.12. The highest BCUT2D eigenvalue weighted by atomic mass is 16.5. The SMILES string of the molecule is CCc1cc(OCc2ccccc2)ccc1-c1ccc2c(C3NC4=C(CN(C(C)C)[C@H](C(=O)O)C4)N3Cc3ccccc3)[nH]nc2c1. The number of hydrogen-bond acceptors (Lipinski definition) is 6. The number of fused-ring (bicyclic) bond motifs is 1. The number of aromatic amines is 1. The zero-order valence-corrected chi connectivity index (χ0v) is 27.1. The Hall–Kier alpha value is -5.08. The number of ether oxygens (including phenoxy) is 1. The summed E-state index contributed by atoms with van der Waals surface area (Å²) in [4.78, 5) is 16.8. The highest BCUT2D eigenvalue weighted by molar-refractivity contribution is 5.87. The van der Waals surface area contributed by atoms with Gasteiger partial charge in [-0.3, -0.25) is 14.8 Å². The quantitative estimate of drug-likeness (QED) is 0.150. The van der Waals surface area contributed by atoms with Gasteiger partial charge in [-0.2, -0.15) is 5.10 Å². The third-order valence-corrected chi connectivity index (χ3v) is 9.47. The molecular weight excluding hydrogens is 586 g/mol. The van der Waals surface area contributed by atoms with Gasteiger partial charge >= 0.3 is 5.97 Å². The van der Waals surface area contributed by atoms with E-state index < -0.39 is 12.0 Å². The van der Waals surface area contributed by atoms with Crippen molar-refractivity contribution < 1.29 is 14.6 Å². The molecule has 8 nitrogen and oxygen atoms in total. The number of aryl methyl sites for hydroxylation is 1. The second-order valence-corrected chi connectivity index (χ2v) is 12.7. The van der Waals surface area contributed by atoms with E-state index in [1.165, 1.54) is 16.7 Å². The molecule has 0 amide bonds. The fourth-order valence-corrected chi connectivity index (χ4v) is 6.96. The molecule has 3 heterocycles. The molecule has 2 atom stereocenters. The molecule has 1 unspecified atom stereocenters. The van der Waals surface area contributed by atoms with E-state index in [9.17, 15) is 9.90 Å². The van der Waals surface area contributed by atoms with Gasteiger partial charge in [0.05, 0.1) is 11.2 Å². The summed E-state index contributed by atoms with van der Waals surface area (Å²) in [6.07, 6.45) is 1.11. The fraction of sp³-hybridized carbons (Fsp3) is 0.282. The van der Waals surface area contributed by atoms with Crippen molar-refractivity contribution in [2.24, 2.45) is 0 Å². The van der Waals surface area contributed by atoms with Crippen LogP contribution in [0.4, 0.5) is 0 Å². The van der Waals surface area contributed by atoms with Crippen LogP contribution in [0.5, 0.6) is 5.75 Å². The Kier molecular flexibility index (Phi) is 8.43. The topological polar surface area (TPSA) is 93.7 Å². The Morgan fingerprint density at radius 3 is 2.43 bits per heavy atom. The standard InChI is InChI=1S/C39H41N5O3/c1-4-28-19-30(47-24-27-13-9-6-10-14-27)16-18-31(28)29-15-17-32-33(20-29)41-42-37(32)38-40-34-21-35(39(45)46)43(25(2)3)23-36(34)44(38)22-26-11-7-5-8-12-26/h5-20,25,35,38,40H,4,21-24H2,1-3H3,(H,41,42)(H,45,46)/t35-,38?/m0/s1. The highest BCUT2D eigenvalue weighted by Crippen LogP contribution is 2.40. The van der Waals surface area contributed by atoms with Gasteiger partial charge in [-0.15, -0.1) is 0 Å². The number of rotatable bonds is 10. The van der Waals surface area contributed by atoms with Gasteiger partial charge in [0.2, 0.25) is 0 Å². The highest BCUT2D eigenvalue weighted by Gasteiger charge is 2.42. The normalized spacial score (nSPS) is 18.1. The second kappa shape index (κ2) is 13.0. The van der Waals surface area contributed by atoms with E-state index in [4.69, 9.17) is 9.84 Å². The van der Waals surface area contributed by atoms with Crippen molar-refractivity contribution in [2.75, 3.05) is 6.54 Å². The summed E-state index contributed by atoms with van der Waals surface area (Å²) in [5.41, 5.74) is 9.84. The third-order valence-electron chi connectivity index (χ3n) is 9.47. The Bertz CT molecular complexity index is 1920. The maximum atomic E-state index is 12.3. The van der Waals surface area contributed by atoms with Gasteiger partial charge in [0.25, 0.3) is 0 Å². The number of benzene rings is 4. The second-order valence-electron chi connectivity index (χ2n) is 12.7. The third kappa shape index (κ3) is 6.09. The molecule has 0 aliphatic carbocycles. The lowest BCUT2D eigenvalue weighted by atomic mass is 9.96. The van der Waals surface area contributed by atoms with E-state index in [0.29, 0.717) is 26.1 Å². The smallest absolute Gasteiger partial charge is 0.321 e. The van der Waals surface area contributed by atoms with Crippen molar-refractivity contribution in [3.63, 3.8) is 0 Å². The monoisotopic (exact) mass is 627 g/mol. The van der Waals surface area contributed by atoms with Crippen LogP contribution in [0.15, 0.2) is 108 Å². The maximum Gasteiger partial charge on any atom is 0.321 e. The first kappa shape index (κ1) is 30.6. The first-order chi connectivity index (χ1) is 22.9. The molecule has 47 heavy (non-hydrogen) atoms. The van der Waals surface area contributed by atoms with Crippen molar-refractivity contribution in [2.45, 2.75) is 65.0 Å². The molecule has 3 N–H and O–H groups in total. The van der Waals surface area contributed by atoms with Crippen LogP contribution in [-0.4, -0.2) is 49.7 Å². The van der Waals surface area contributed by atoms with Crippen LogP contribution in [0.3, 0.4) is 0 Å². The number of hydrogen-bond donors (Lipinski definition) is 3. The number of carbonyl (C=O) groups is 1. The fourth-order valence-electron chi connectivity index (χ4n) is 6.96. The van der Waals surface area contributed by atoms with Crippen LogP contribution in [0.2, 0.25) is 0 Å². The molecule has 4 aromatic carbocycles. The molecule has 0 bridgehead atoms. The van der Waals surface area contributed by atoms with E-state index in [-0.39, 0.29) is 12.2 Å². The van der Waals surface area contributed by atoms with E-state index in [1.807, 2.05) is 30.3 Å². The zero-order chi connectivity index (χ0) is 32.5. The lowest BCUT2D eigenvalue weighted by Gasteiger charge is -2.38. The van der Waals surface area contributed by atoms with Crippen LogP contribution >= 0.6 is 0 Å². The number of carboxylic acids is 1. The summed E-state index contributed by atoms with van der Waals surface area (Å²) in [5.74, 6) is 0.0768. The van der Waals surface area contributed by atoms with Crippen LogP contribution in [-0.2, 0) is 24.4 Å². The molecule has 2 aliphatic heterocycles. The van der Waals surface area contributed by atoms with Gasteiger partial charge in [-0.1, -0.05) is 85.8 Å². The Morgan fingerprint density at radius 2 is 1.72 bits per heavy atom. The largest absolute Gasteiger partial charge is 0.489 e. The summed E-state index contributed by atoms with van der Waals surface area (Å²) in [7, 11) is 0. The van der Waals surface area contributed by atoms with Crippen LogP contribution in [0, 0.1) is 0 Å². The molecule has 5 aromatic rings. The molecule has 8 heteroatoms. The number of nitrogens with one attached hydrogen (secondary N) is 2. The molecule has 0 saturated carbocycles. The molecule has 2 aliphatic rings. The minimum absolute atomic E-state index is 0.103. The summed E-state index contributed by atoms with van der Waals surface area (Å²) in [6.45, 7) is 8.10. The predicted molar refractivity (Wildman–Crippen MR) is 184 cm³/mol. The summed E-state index contributed by atoms with van der Waals surface area (Å²) >= 11 is 0. The van der Waals surface area contributed by atoms with Gasteiger partial charge in [0.15, 0.2) is 0 Å². The minimum atomic E-state index is -0.785. The number of carboxylic acid groups (broad SMARTS) is 1. The molecule has 0 fully saturated rings. The van der Waals surface area contributed by atoms with E-state index in [0.717, 1.165) is 51.3 Å². The molecule has 0 radical (unpaired) electrons. The van der Waals surface area contributed by atoms with Crippen molar-refractivity contribution >= 4 is 16.9 Å². The van der Waals surface area contributed by atoms with Crippen LogP contribution < -0.4 is 10.1 Å². The van der Waals surface area contributed by atoms with Gasteiger partial charge in [-0.05, 0) is 66.3 Å². The van der Waals surface area contributed by atoms with Crippen molar-refractivity contribution in [3.8, 4) is 16.9 Å². The van der Waals surface area contributed by atoms with Gasteiger partial charge in [0.1, 0.15) is 24.6 Å². The number of H-pyrrole nitrogens is 1. The molecule has 240 valence electrons. The first-order valence-corrected chi connectivity index (χ1v) is 16.4. The lowest BCUT2D eigenvalue weighted by molar-refractivity contribution is -0.144. The van der Waals surface area contributed by atoms with Crippen molar-refractivity contribution in [1.29, 1.82) is 0 Å². The number of nitrogens with zero attached hydrogens (tertiary/aromatic N) is 3. The molecule has 7 rings (SSSR count). The van der Waals surface area contributed by atoms with Crippen LogP contribution in [0.1, 0.15) is 55.7 Å². The summed E-state index contributed by atoms with van der Waals surface area (Å²) in [5, 5.41) is 23.0. The number of aromatic nitrogens is 2. The van der Waals surface area contributed by atoms with E-state index >= 15 is 0 Å². The Balaban J connectivity index is 1.19. The number of aliphatic carboxylic acids is 1. The zero-order valence-electron chi connectivity index (χ0n) is 27.1. The maximum absolute atomic E-state index is 12.3. The molecular formula is C39H41N5O3. The Morgan fingerprint density at radius 1 is 0.979 bits per heavy atom. The minimum Gasteiger partial charge on any atom is -0.489 e. The van der Waals surface area contributed by atoms with Crippen molar-refractivity contribution in [1.82, 2.24) is 25.3 Å². The van der Waals surface area contributed by atoms with E-state index in [1.54, 1.807) is 0 Å². The van der Waals surface area contributed by atoms with Gasteiger partial charge in [-0.25, -0.2) is 0 Å². The van der Waals surface area contributed by atoms with Gasteiger partial charge < -0.3 is 20.1 Å². The molecule has 0 saturated heterocycles. The Labute approximate surface area is 275 Å². The summed E-state index contributed by atoms with van der Waals surface area (Å²) in [6, 6.07) is 33.0. The first-order valence-electron chi connectivity index (χ1n) is 16.4. The van der Waals surface area contributed by atoms with E-state index in [2.05, 4.69) is 108 Å². The van der Waals surface area contributed by atoms with Gasteiger partial charge in [0, 0.05) is 42.3 Å². The average molecular weight is 628 g/mol. The molecule has 1 aromatic heterocycles. The predicted octanol–water partition coefficient (Wildman–Crippen LogP) is 7.25. The van der Waals surface area contributed by atoms with Crippen molar-refractivity contribution in [3.05, 3.63) is 131 Å². The average Bonchev–Trinajstić information content (AvgIpc) is 3.67. The molecule has 0 spiro atoms. The lowest BCUT2D eigenvalue weighted by Crippen LogP contribution is -2.50. The van der Waals surface area contributed by atoms with Crippen LogP contribution in [0.25, 0.3) is 22.0 Å².